The molecule has 1 nitrogen and oxygen atoms in total. The Kier molecular flexibility index (Phi) is 4.64. The van der Waals surface area contributed by atoms with E-state index in [0.717, 1.165) is 11.8 Å². The predicted molar refractivity (Wildman–Crippen MR) is 65.7 cm³/mol. The first kappa shape index (κ1) is 13.0. The van der Waals surface area contributed by atoms with Crippen molar-refractivity contribution in [3.05, 3.63) is 0 Å². The molecule has 0 saturated heterocycles. The lowest BCUT2D eigenvalue weighted by atomic mass is 9.71. The minimum atomic E-state index is -0.0834. The van der Waals surface area contributed by atoms with Gasteiger partial charge in [-0.15, -0.1) is 0 Å². The normalized spacial score (nSPS) is 36.6. The Balaban J connectivity index is 2.50. The lowest BCUT2D eigenvalue weighted by Gasteiger charge is -2.37. The van der Waals surface area contributed by atoms with E-state index in [4.69, 9.17) is 0 Å². The number of hydrogen-bond acceptors (Lipinski definition) is 1. The minimum Gasteiger partial charge on any atom is -0.393 e. The van der Waals surface area contributed by atoms with Crippen LogP contribution in [0.5, 0.6) is 0 Å². The van der Waals surface area contributed by atoms with Gasteiger partial charge in [0.05, 0.1) is 6.10 Å². The third-order valence-corrected chi connectivity index (χ3v) is 4.71. The Bertz CT molecular complexity index is 188. The Morgan fingerprint density at radius 2 is 1.60 bits per heavy atom. The number of rotatable bonds is 3. The molecule has 90 valence electrons. The molecule has 0 aromatic heterocycles. The zero-order valence-corrected chi connectivity index (χ0v) is 11.0. The maximum Gasteiger partial charge on any atom is 0.0596 e. The Morgan fingerprint density at radius 1 is 1.00 bits per heavy atom. The highest BCUT2D eigenvalue weighted by atomic mass is 16.3. The van der Waals surface area contributed by atoms with Crippen molar-refractivity contribution in [1.29, 1.82) is 0 Å². The lowest BCUT2D eigenvalue weighted by molar-refractivity contribution is 0.00537. The summed E-state index contributed by atoms with van der Waals surface area (Å²) in [4.78, 5) is 0. The van der Waals surface area contributed by atoms with E-state index in [1.165, 1.54) is 19.3 Å². The summed E-state index contributed by atoms with van der Waals surface area (Å²) < 4.78 is 0. The maximum atomic E-state index is 10.3. The van der Waals surface area contributed by atoms with Crippen molar-refractivity contribution < 1.29 is 5.11 Å². The first-order valence-corrected chi connectivity index (χ1v) is 6.61. The molecule has 0 heterocycles. The molecule has 1 aliphatic carbocycles. The van der Waals surface area contributed by atoms with Crippen LogP contribution < -0.4 is 0 Å². The van der Waals surface area contributed by atoms with Crippen molar-refractivity contribution >= 4 is 0 Å². The van der Waals surface area contributed by atoms with E-state index in [2.05, 4.69) is 34.6 Å². The van der Waals surface area contributed by atoms with Crippen LogP contribution in [0.15, 0.2) is 0 Å². The molecule has 0 amide bonds. The average molecular weight is 212 g/mol. The summed E-state index contributed by atoms with van der Waals surface area (Å²) in [5, 5.41) is 10.3. The molecule has 1 aliphatic rings. The molecule has 0 aliphatic heterocycles. The molecule has 1 N–H and O–H groups in total. The van der Waals surface area contributed by atoms with Crippen molar-refractivity contribution in [2.24, 2.45) is 29.6 Å². The van der Waals surface area contributed by atoms with Crippen molar-refractivity contribution in [3.63, 3.8) is 0 Å². The van der Waals surface area contributed by atoms with Gasteiger partial charge in [-0.1, -0.05) is 41.0 Å². The van der Waals surface area contributed by atoms with Gasteiger partial charge in [0.1, 0.15) is 0 Å². The van der Waals surface area contributed by atoms with Crippen LogP contribution in [0.3, 0.4) is 0 Å². The highest BCUT2D eigenvalue weighted by Crippen LogP contribution is 2.37. The summed E-state index contributed by atoms with van der Waals surface area (Å²) in [6.07, 6.45) is 3.66. The third kappa shape index (κ3) is 3.21. The molecule has 1 fully saturated rings. The first-order valence-electron chi connectivity index (χ1n) is 6.61. The summed E-state index contributed by atoms with van der Waals surface area (Å²) in [7, 11) is 0. The van der Waals surface area contributed by atoms with Crippen LogP contribution in [-0.4, -0.2) is 11.2 Å². The number of aliphatic hydroxyl groups is 1. The van der Waals surface area contributed by atoms with Gasteiger partial charge in [0.25, 0.3) is 0 Å². The standard InChI is InChI=1S/C14H28O/c1-9(2)12(5)14(15)13-7-6-10(3)11(4)8-13/h9-15H,6-8H2,1-5H3. The van der Waals surface area contributed by atoms with Gasteiger partial charge in [0.2, 0.25) is 0 Å². The summed E-state index contributed by atoms with van der Waals surface area (Å²) >= 11 is 0. The second-order valence-corrected chi connectivity index (χ2v) is 6.12. The number of hydrogen-bond donors (Lipinski definition) is 1. The molecule has 5 unspecified atom stereocenters. The van der Waals surface area contributed by atoms with Gasteiger partial charge in [-0.05, 0) is 42.4 Å². The van der Waals surface area contributed by atoms with Gasteiger partial charge < -0.3 is 5.11 Å². The predicted octanol–water partition coefficient (Wildman–Crippen LogP) is 3.71. The molecular weight excluding hydrogens is 184 g/mol. The van der Waals surface area contributed by atoms with Crippen molar-refractivity contribution in [1.82, 2.24) is 0 Å². The average Bonchev–Trinajstić information content (AvgIpc) is 2.19. The van der Waals surface area contributed by atoms with Gasteiger partial charge >= 0.3 is 0 Å². The quantitative estimate of drug-likeness (QED) is 0.756. The Hall–Kier alpha value is -0.0400. The first-order chi connectivity index (χ1) is 6.93. The smallest absolute Gasteiger partial charge is 0.0596 e. The molecule has 0 aromatic carbocycles. The van der Waals surface area contributed by atoms with Gasteiger partial charge in [0.15, 0.2) is 0 Å². The van der Waals surface area contributed by atoms with E-state index in [1.807, 2.05) is 0 Å². The second kappa shape index (κ2) is 5.34. The van der Waals surface area contributed by atoms with Crippen molar-refractivity contribution in [2.45, 2.75) is 60.0 Å². The van der Waals surface area contributed by atoms with Crippen LogP contribution in [-0.2, 0) is 0 Å². The molecule has 1 saturated carbocycles. The highest BCUT2D eigenvalue weighted by molar-refractivity contribution is 4.82. The van der Waals surface area contributed by atoms with Gasteiger partial charge in [-0.25, -0.2) is 0 Å². The molecule has 1 heteroatoms. The SMILES string of the molecule is CC(C)C(C)C(O)C1CCC(C)C(C)C1. The van der Waals surface area contributed by atoms with Crippen molar-refractivity contribution in [2.75, 3.05) is 0 Å². The van der Waals surface area contributed by atoms with Gasteiger partial charge in [-0.3, -0.25) is 0 Å². The summed E-state index contributed by atoms with van der Waals surface area (Å²) in [5.41, 5.74) is 0. The van der Waals surface area contributed by atoms with Crippen LogP contribution in [0, 0.1) is 29.6 Å². The summed E-state index contributed by atoms with van der Waals surface area (Å²) in [6.45, 7) is 11.3. The zero-order chi connectivity index (χ0) is 11.6. The fraction of sp³-hybridized carbons (Fsp3) is 1.00. The second-order valence-electron chi connectivity index (χ2n) is 6.12. The number of aliphatic hydroxyl groups excluding tert-OH is 1. The Morgan fingerprint density at radius 3 is 2.07 bits per heavy atom. The topological polar surface area (TPSA) is 20.2 Å². The fourth-order valence-corrected chi connectivity index (χ4v) is 2.72. The maximum absolute atomic E-state index is 10.3. The molecule has 5 atom stereocenters. The van der Waals surface area contributed by atoms with Crippen LogP contribution in [0.2, 0.25) is 0 Å². The highest BCUT2D eigenvalue weighted by Gasteiger charge is 2.32. The van der Waals surface area contributed by atoms with Crippen LogP contribution in [0.1, 0.15) is 53.9 Å². The molecule has 0 bridgehead atoms. The van der Waals surface area contributed by atoms with Crippen molar-refractivity contribution in [3.8, 4) is 0 Å². The van der Waals surface area contributed by atoms with Crippen LogP contribution in [0.4, 0.5) is 0 Å². The monoisotopic (exact) mass is 212 g/mol. The lowest BCUT2D eigenvalue weighted by Crippen LogP contribution is -2.35. The molecule has 0 aromatic rings. The van der Waals surface area contributed by atoms with Crippen LogP contribution >= 0.6 is 0 Å². The Labute approximate surface area is 95.3 Å². The van der Waals surface area contributed by atoms with Gasteiger partial charge in [0, 0.05) is 0 Å². The summed E-state index contributed by atoms with van der Waals surface area (Å²) in [6, 6.07) is 0. The van der Waals surface area contributed by atoms with E-state index in [1.54, 1.807) is 0 Å². The zero-order valence-electron chi connectivity index (χ0n) is 11.0. The third-order valence-electron chi connectivity index (χ3n) is 4.71. The summed E-state index contributed by atoms with van der Waals surface area (Å²) in [5.74, 6) is 3.22. The molecule has 1 rings (SSSR count). The largest absolute Gasteiger partial charge is 0.393 e. The van der Waals surface area contributed by atoms with Gasteiger partial charge in [-0.2, -0.15) is 0 Å². The van der Waals surface area contributed by atoms with E-state index >= 15 is 0 Å². The molecule has 0 spiro atoms. The van der Waals surface area contributed by atoms with E-state index in [0.29, 0.717) is 17.8 Å². The fourth-order valence-electron chi connectivity index (χ4n) is 2.72. The van der Waals surface area contributed by atoms with E-state index in [9.17, 15) is 5.11 Å². The van der Waals surface area contributed by atoms with Crippen LogP contribution in [0.25, 0.3) is 0 Å². The van der Waals surface area contributed by atoms with E-state index in [-0.39, 0.29) is 6.10 Å². The minimum absolute atomic E-state index is 0.0834. The van der Waals surface area contributed by atoms with E-state index < -0.39 is 0 Å². The molecule has 0 radical (unpaired) electrons. The molecular formula is C14H28O. The molecule has 15 heavy (non-hydrogen) atoms.